The number of rotatable bonds is 6. The van der Waals surface area contributed by atoms with Gasteiger partial charge in [-0.3, -0.25) is 0 Å². The summed E-state index contributed by atoms with van der Waals surface area (Å²) in [6, 6.07) is 0.112. The Hall–Kier alpha value is -0.160. The molecule has 5 N–H and O–H groups in total. The van der Waals surface area contributed by atoms with Crippen molar-refractivity contribution in [2.24, 2.45) is 17.4 Å². The molecule has 1 saturated heterocycles. The molecule has 1 rings (SSSR count). The lowest BCUT2D eigenvalue weighted by molar-refractivity contribution is 0.384. The molecule has 0 amide bonds. The van der Waals surface area contributed by atoms with Crippen molar-refractivity contribution in [1.29, 1.82) is 0 Å². The summed E-state index contributed by atoms with van der Waals surface area (Å²) in [7, 11) is 2.19. The van der Waals surface area contributed by atoms with Gasteiger partial charge in [0.15, 0.2) is 0 Å². The van der Waals surface area contributed by atoms with Crippen LogP contribution in [0.3, 0.4) is 0 Å². The van der Waals surface area contributed by atoms with Gasteiger partial charge in [0.05, 0.1) is 0 Å². The van der Waals surface area contributed by atoms with Crippen molar-refractivity contribution in [1.82, 2.24) is 10.2 Å². The van der Waals surface area contributed by atoms with E-state index in [1.54, 1.807) is 0 Å². The van der Waals surface area contributed by atoms with Gasteiger partial charge in [-0.05, 0) is 38.9 Å². The summed E-state index contributed by atoms with van der Waals surface area (Å²) in [6.07, 6.45) is 2.61. The van der Waals surface area contributed by atoms with Crippen LogP contribution >= 0.6 is 0 Å². The molecule has 0 spiro atoms. The fraction of sp³-hybridized carbons (Fsp3) is 1.00. The zero-order chi connectivity index (χ0) is 10.4. The summed E-state index contributed by atoms with van der Waals surface area (Å²) in [5.41, 5.74) is 11.1. The minimum absolute atomic E-state index is 0.112. The SMILES string of the molecule is CN1CCC(CCNCC(N)CN)C1. The number of nitrogens with one attached hydrogen (secondary N) is 1. The molecule has 14 heavy (non-hydrogen) atoms. The Labute approximate surface area is 87.0 Å². The largest absolute Gasteiger partial charge is 0.329 e. The minimum Gasteiger partial charge on any atom is -0.329 e. The molecule has 0 aromatic rings. The van der Waals surface area contributed by atoms with Crippen molar-refractivity contribution in [3.63, 3.8) is 0 Å². The first kappa shape index (κ1) is 11.9. The molecule has 1 aliphatic heterocycles. The summed E-state index contributed by atoms with van der Waals surface area (Å²) >= 11 is 0. The summed E-state index contributed by atoms with van der Waals surface area (Å²) < 4.78 is 0. The molecule has 84 valence electrons. The van der Waals surface area contributed by atoms with E-state index in [1.165, 1.54) is 25.9 Å². The highest BCUT2D eigenvalue weighted by Crippen LogP contribution is 2.16. The van der Waals surface area contributed by atoms with Crippen LogP contribution in [0.4, 0.5) is 0 Å². The van der Waals surface area contributed by atoms with Crippen molar-refractivity contribution in [2.75, 3.05) is 39.8 Å². The van der Waals surface area contributed by atoms with Crippen LogP contribution < -0.4 is 16.8 Å². The summed E-state index contributed by atoms with van der Waals surface area (Å²) in [5, 5.41) is 3.35. The molecule has 4 heteroatoms. The quantitative estimate of drug-likeness (QED) is 0.491. The van der Waals surface area contributed by atoms with Crippen molar-refractivity contribution < 1.29 is 0 Å². The van der Waals surface area contributed by atoms with E-state index in [0.29, 0.717) is 6.54 Å². The fourth-order valence-electron chi connectivity index (χ4n) is 1.94. The van der Waals surface area contributed by atoms with Gasteiger partial charge < -0.3 is 21.7 Å². The van der Waals surface area contributed by atoms with E-state index in [1.807, 2.05) is 0 Å². The van der Waals surface area contributed by atoms with Crippen LogP contribution in [0.1, 0.15) is 12.8 Å². The van der Waals surface area contributed by atoms with Gasteiger partial charge >= 0.3 is 0 Å². The van der Waals surface area contributed by atoms with Gasteiger partial charge in [-0.1, -0.05) is 0 Å². The normalized spacial score (nSPS) is 25.5. The number of likely N-dealkylation sites (tertiary alicyclic amines) is 1. The van der Waals surface area contributed by atoms with Gasteiger partial charge in [-0.2, -0.15) is 0 Å². The Morgan fingerprint density at radius 1 is 1.57 bits per heavy atom. The zero-order valence-corrected chi connectivity index (χ0v) is 9.21. The summed E-state index contributed by atoms with van der Waals surface area (Å²) in [5.74, 6) is 0.876. The van der Waals surface area contributed by atoms with Crippen LogP contribution in [0.5, 0.6) is 0 Å². The Bertz CT molecular complexity index is 151. The van der Waals surface area contributed by atoms with Gasteiger partial charge in [-0.25, -0.2) is 0 Å². The predicted octanol–water partition coefficient (Wildman–Crippen LogP) is -0.796. The Morgan fingerprint density at radius 3 is 2.93 bits per heavy atom. The van der Waals surface area contributed by atoms with Crippen LogP contribution in [0.2, 0.25) is 0 Å². The number of hydrogen-bond donors (Lipinski definition) is 3. The standard InChI is InChI=1S/C10H24N4/c1-14-5-3-9(8-14)2-4-13-7-10(12)6-11/h9-10,13H,2-8,11-12H2,1H3. The highest BCUT2D eigenvalue weighted by molar-refractivity contribution is 4.74. The summed E-state index contributed by atoms with van der Waals surface area (Å²) in [4.78, 5) is 2.40. The predicted molar refractivity (Wildman–Crippen MR) is 60.1 cm³/mol. The molecule has 1 heterocycles. The topological polar surface area (TPSA) is 67.3 Å². The van der Waals surface area contributed by atoms with Gasteiger partial charge in [0.2, 0.25) is 0 Å². The molecule has 0 saturated carbocycles. The van der Waals surface area contributed by atoms with E-state index in [2.05, 4.69) is 17.3 Å². The zero-order valence-electron chi connectivity index (χ0n) is 9.21. The lowest BCUT2D eigenvalue weighted by atomic mass is 10.1. The maximum Gasteiger partial charge on any atom is 0.0290 e. The Balaban J connectivity index is 1.94. The van der Waals surface area contributed by atoms with Crippen LogP contribution in [0.15, 0.2) is 0 Å². The maximum absolute atomic E-state index is 5.69. The molecule has 0 aromatic carbocycles. The molecule has 4 nitrogen and oxygen atoms in total. The third-order valence-electron chi connectivity index (χ3n) is 2.93. The van der Waals surface area contributed by atoms with E-state index >= 15 is 0 Å². The lowest BCUT2D eigenvalue weighted by Crippen LogP contribution is -2.40. The minimum atomic E-state index is 0.112. The Kier molecular flexibility index (Phi) is 5.40. The third-order valence-corrected chi connectivity index (χ3v) is 2.93. The first-order chi connectivity index (χ1) is 6.72. The van der Waals surface area contributed by atoms with E-state index in [4.69, 9.17) is 11.5 Å². The van der Waals surface area contributed by atoms with Crippen molar-refractivity contribution in [2.45, 2.75) is 18.9 Å². The molecule has 0 bridgehead atoms. The van der Waals surface area contributed by atoms with E-state index < -0.39 is 0 Å². The van der Waals surface area contributed by atoms with E-state index in [9.17, 15) is 0 Å². The second kappa shape index (κ2) is 6.35. The van der Waals surface area contributed by atoms with Crippen molar-refractivity contribution in [3.05, 3.63) is 0 Å². The maximum atomic E-state index is 5.69. The average molecular weight is 200 g/mol. The highest BCUT2D eigenvalue weighted by Gasteiger charge is 2.18. The smallest absolute Gasteiger partial charge is 0.0290 e. The van der Waals surface area contributed by atoms with E-state index in [-0.39, 0.29) is 6.04 Å². The molecule has 1 aliphatic rings. The van der Waals surface area contributed by atoms with Gasteiger partial charge in [-0.15, -0.1) is 0 Å². The number of nitrogens with zero attached hydrogens (tertiary/aromatic N) is 1. The molecule has 0 aromatic heterocycles. The first-order valence-corrected chi connectivity index (χ1v) is 5.57. The monoisotopic (exact) mass is 200 g/mol. The molecular weight excluding hydrogens is 176 g/mol. The van der Waals surface area contributed by atoms with Gasteiger partial charge in [0.25, 0.3) is 0 Å². The highest BCUT2D eigenvalue weighted by atomic mass is 15.1. The second-order valence-electron chi connectivity index (χ2n) is 4.41. The molecule has 2 atom stereocenters. The van der Waals surface area contributed by atoms with Crippen LogP contribution in [0.25, 0.3) is 0 Å². The van der Waals surface area contributed by atoms with Crippen LogP contribution in [0, 0.1) is 5.92 Å². The third kappa shape index (κ3) is 4.37. The molecule has 0 aliphatic carbocycles. The van der Waals surface area contributed by atoms with E-state index in [0.717, 1.165) is 19.0 Å². The van der Waals surface area contributed by atoms with Gasteiger partial charge in [0, 0.05) is 25.7 Å². The van der Waals surface area contributed by atoms with Crippen molar-refractivity contribution >= 4 is 0 Å². The fourth-order valence-corrected chi connectivity index (χ4v) is 1.94. The lowest BCUT2D eigenvalue weighted by Gasteiger charge is -2.13. The molecular formula is C10H24N4. The number of hydrogen-bond acceptors (Lipinski definition) is 4. The summed E-state index contributed by atoms with van der Waals surface area (Å²) in [6.45, 7) is 5.00. The van der Waals surface area contributed by atoms with Gasteiger partial charge in [0.1, 0.15) is 0 Å². The average Bonchev–Trinajstić information content (AvgIpc) is 2.58. The molecule has 1 fully saturated rings. The van der Waals surface area contributed by atoms with Crippen LogP contribution in [-0.2, 0) is 0 Å². The first-order valence-electron chi connectivity index (χ1n) is 5.57. The molecule has 2 unspecified atom stereocenters. The van der Waals surface area contributed by atoms with Crippen molar-refractivity contribution in [3.8, 4) is 0 Å². The Morgan fingerprint density at radius 2 is 2.36 bits per heavy atom. The number of nitrogens with two attached hydrogens (primary N) is 2. The second-order valence-corrected chi connectivity index (χ2v) is 4.41. The van der Waals surface area contributed by atoms with Crippen LogP contribution in [-0.4, -0.2) is 50.7 Å². The molecule has 0 radical (unpaired) electrons.